The minimum absolute atomic E-state index is 0.522. The summed E-state index contributed by atoms with van der Waals surface area (Å²) in [7, 11) is 0. The molecule has 2 heteroatoms. The quantitative estimate of drug-likeness (QED) is 0.591. The third-order valence-corrected chi connectivity index (χ3v) is 1.27. The molecule has 0 aromatic carbocycles. The van der Waals surface area contributed by atoms with Crippen molar-refractivity contribution in [3.05, 3.63) is 12.2 Å². The van der Waals surface area contributed by atoms with Crippen LogP contribution in [0.4, 0.5) is 0 Å². The lowest BCUT2D eigenvalue weighted by atomic mass is 10.3. The highest BCUT2D eigenvalue weighted by molar-refractivity contribution is 4.96. The fraction of sp³-hybridized carbons (Fsp3) is 0.778. The molecular weight excluding hydrogens is 138 g/mol. The fourth-order valence-electron chi connectivity index (χ4n) is 0.646. The Balaban J connectivity index is 3.23. The summed E-state index contributed by atoms with van der Waals surface area (Å²) in [6, 6.07) is 0.522. The molecule has 0 saturated carbocycles. The van der Waals surface area contributed by atoms with Crippen LogP contribution >= 0.6 is 0 Å². The average Bonchev–Trinajstić information content (AvgIpc) is 1.97. The molecule has 0 unspecified atom stereocenters. The molecule has 0 aromatic rings. The van der Waals surface area contributed by atoms with Crippen molar-refractivity contribution >= 4 is 0 Å². The first kappa shape index (κ1) is 10.7. The van der Waals surface area contributed by atoms with Gasteiger partial charge in [-0.3, -0.25) is 0 Å². The van der Waals surface area contributed by atoms with Crippen LogP contribution in [-0.2, 0) is 4.74 Å². The topological polar surface area (TPSA) is 21.3 Å². The van der Waals surface area contributed by atoms with Crippen molar-refractivity contribution in [1.29, 1.82) is 0 Å². The van der Waals surface area contributed by atoms with Crippen molar-refractivity contribution in [3.8, 4) is 0 Å². The van der Waals surface area contributed by atoms with E-state index in [9.17, 15) is 0 Å². The van der Waals surface area contributed by atoms with Gasteiger partial charge in [-0.2, -0.15) is 0 Å². The molecule has 0 saturated heterocycles. The Morgan fingerprint density at radius 3 is 2.64 bits per heavy atom. The maximum Gasteiger partial charge on any atom is 0.0686 e. The highest BCUT2D eigenvalue weighted by atomic mass is 16.5. The summed E-state index contributed by atoms with van der Waals surface area (Å²) in [5.74, 6) is 0. The first-order chi connectivity index (χ1) is 5.16. The molecule has 0 heterocycles. The van der Waals surface area contributed by atoms with Gasteiger partial charge in [-0.05, 0) is 12.5 Å². The molecule has 1 N–H and O–H groups in total. The Morgan fingerprint density at radius 2 is 2.18 bits per heavy atom. The molecule has 0 aromatic heterocycles. The molecule has 0 rings (SSSR count). The summed E-state index contributed by atoms with van der Waals surface area (Å²) >= 11 is 0. The Hall–Kier alpha value is -0.340. The molecule has 66 valence electrons. The SMILES string of the molecule is C=C(CNC(C)C)COCC. The molecule has 0 atom stereocenters. The van der Waals surface area contributed by atoms with E-state index >= 15 is 0 Å². The maximum absolute atomic E-state index is 5.19. The predicted molar refractivity (Wildman–Crippen MR) is 48.8 cm³/mol. The first-order valence-electron chi connectivity index (χ1n) is 4.14. The lowest BCUT2D eigenvalue weighted by Crippen LogP contribution is -2.25. The first-order valence-corrected chi connectivity index (χ1v) is 4.14. The van der Waals surface area contributed by atoms with Gasteiger partial charge in [-0.25, -0.2) is 0 Å². The van der Waals surface area contributed by atoms with Crippen LogP contribution in [-0.4, -0.2) is 25.8 Å². The molecule has 0 bridgehead atoms. The van der Waals surface area contributed by atoms with Crippen molar-refractivity contribution in [2.45, 2.75) is 26.8 Å². The number of nitrogens with one attached hydrogen (secondary N) is 1. The van der Waals surface area contributed by atoms with Gasteiger partial charge in [0.15, 0.2) is 0 Å². The van der Waals surface area contributed by atoms with Gasteiger partial charge in [0, 0.05) is 19.2 Å². The molecule has 0 fully saturated rings. The summed E-state index contributed by atoms with van der Waals surface area (Å²) < 4.78 is 5.19. The molecule has 0 aliphatic rings. The second-order valence-electron chi connectivity index (χ2n) is 2.92. The van der Waals surface area contributed by atoms with E-state index in [0.717, 1.165) is 18.7 Å². The lowest BCUT2D eigenvalue weighted by molar-refractivity contribution is 0.169. The molecule has 2 nitrogen and oxygen atoms in total. The summed E-state index contributed by atoms with van der Waals surface area (Å²) in [5.41, 5.74) is 1.11. The summed E-state index contributed by atoms with van der Waals surface area (Å²) in [6.07, 6.45) is 0. The lowest BCUT2D eigenvalue weighted by Gasteiger charge is -2.09. The van der Waals surface area contributed by atoms with Crippen LogP contribution in [0.25, 0.3) is 0 Å². The normalized spacial score (nSPS) is 10.5. The van der Waals surface area contributed by atoms with Crippen LogP contribution < -0.4 is 5.32 Å². The van der Waals surface area contributed by atoms with E-state index in [0.29, 0.717) is 12.6 Å². The molecule has 0 aliphatic heterocycles. The van der Waals surface area contributed by atoms with Gasteiger partial charge in [-0.1, -0.05) is 20.4 Å². The smallest absolute Gasteiger partial charge is 0.0686 e. The van der Waals surface area contributed by atoms with Gasteiger partial charge < -0.3 is 10.1 Å². The number of rotatable bonds is 6. The van der Waals surface area contributed by atoms with E-state index in [2.05, 4.69) is 25.7 Å². The van der Waals surface area contributed by atoms with Gasteiger partial charge in [0.05, 0.1) is 6.61 Å². The van der Waals surface area contributed by atoms with Crippen LogP contribution in [0.3, 0.4) is 0 Å². The highest BCUT2D eigenvalue weighted by Crippen LogP contribution is 1.90. The highest BCUT2D eigenvalue weighted by Gasteiger charge is 1.95. The van der Waals surface area contributed by atoms with Crippen molar-refractivity contribution in [2.24, 2.45) is 0 Å². The van der Waals surface area contributed by atoms with Crippen LogP contribution in [0, 0.1) is 0 Å². The van der Waals surface area contributed by atoms with Crippen LogP contribution in [0.15, 0.2) is 12.2 Å². The van der Waals surface area contributed by atoms with Gasteiger partial charge in [0.25, 0.3) is 0 Å². The Kier molecular flexibility index (Phi) is 6.18. The van der Waals surface area contributed by atoms with E-state index in [1.54, 1.807) is 0 Å². The van der Waals surface area contributed by atoms with Crippen molar-refractivity contribution in [2.75, 3.05) is 19.8 Å². The summed E-state index contributed by atoms with van der Waals surface area (Å²) in [4.78, 5) is 0. The third-order valence-electron chi connectivity index (χ3n) is 1.27. The maximum atomic E-state index is 5.19. The van der Waals surface area contributed by atoms with Crippen molar-refractivity contribution in [1.82, 2.24) is 5.32 Å². The number of ether oxygens (including phenoxy) is 1. The van der Waals surface area contributed by atoms with Crippen LogP contribution in [0.1, 0.15) is 20.8 Å². The Morgan fingerprint density at radius 1 is 1.55 bits per heavy atom. The van der Waals surface area contributed by atoms with Gasteiger partial charge in [0.2, 0.25) is 0 Å². The van der Waals surface area contributed by atoms with E-state index < -0.39 is 0 Å². The van der Waals surface area contributed by atoms with Crippen molar-refractivity contribution in [3.63, 3.8) is 0 Å². The minimum Gasteiger partial charge on any atom is -0.377 e. The van der Waals surface area contributed by atoms with Gasteiger partial charge in [-0.15, -0.1) is 0 Å². The molecule has 11 heavy (non-hydrogen) atoms. The fourth-order valence-corrected chi connectivity index (χ4v) is 0.646. The Labute approximate surface area is 69.6 Å². The Bertz CT molecular complexity index is 110. The molecule has 0 spiro atoms. The predicted octanol–water partition coefficient (Wildman–Crippen LogP) is 1.58. The molecule has 0 aliphatic carbocycles. The molecular formula is C9H19NO. The molecule has 0 amide bonds. The largest absolute Gasteiger partial charge is 0.377 e. The van der Waals surface area contributed by atoms with Gasteiger partial charge in [0.1, 0.15) is 0 Å². The number of hydrogen-bond donors (Lipinski definition) is 1. The second-order valence-corrected chi connectivity index (χ2v) is 2.92. The standard InChI is InChI=1S/C9H19NO/c1-5-11-7-9(4)6-10-8(2)3/h8,10H,4-7H2,1-3H3. The monoisotopic (exact) mass is 157 g/mol. The van der Waals surface area contributed by atoms with Gasteiger partial charge >= 0.3 is 0 Å². The average molecular weight is 157 g/mol. The zero-order valence-electron chi connectivity index (χ0n) is 7.81. The molecule has 0 radical (unpaired) electrons. The zero-order chi connectivity index (χ0) is 8.69. The van der Waals surface area contributed by atoms with E-state index in [-0.39, 0.29) is 0 Å². The summed E-state index contributed by atoms with van der Waals surface area (Å²) in [6.45, 7) is 12.4. The van der Waals surface area contributed by atoms with E-state index in [4.69, 9.17) is 4.74 Å². The summed E-state index contributed by atoms with van der Waals surface area (Å²) in [5, 5.41) is 3.27. The van der Waals surface area contributed by atoms with E-state index in [1.807, 2.05) is 6.92 Å². The van der Waals surface area contributed by atoms with Crippen molar-refractivity contribution < 1.29 is 4.74 Å². The number of hydrogen-bond acceptors (Lipinski definition) is 2. The third kappa shape index (κ3) is 7.56. The second kappa shape index (κ2) is 6.38. The zero-order valence-corrected chi connectivity index (χ0v) is 7.81. The van der Waals surface area contributed by atoms with E-state index in [1.165, 1.54) is 0 Å². The van der Waals surface area contributed by atoms with Crippen LogP contribution in [0.5, 0.6) is 0 Å². The van der Waals surface area contributed by atoms with Crippen LogP contribution in [0.2, 0.25) is 0 Å². The minimum atomic E-state index is 0.522.